The normalized spacial score (nSPS) is 19.2. The van der Waals surface area contributed by atoms with E-state index in [1.807, 2.05) is 32.1 Å². The van der Waals surface area contributed by atoms with E-state index in [1.165, 1.54) is 4.90 Å². The zero-order chi connectivity index (χ0) is 18.1. The second-order valence-electron chi connectivity index (χ2n) is 6.58. The van der Waals surface area contributed by atoms with Gasteiger partial charge in [0.2, 0.25) is 0 Å². The van der Waals surface area contributed by atoms with Crippen LogP contribution in [0.25, 0.3) is 17.0 Å². The summed E-state index contributed by atoms with van der Waals surface area (Å²) in [5.41, 5.74) is 2.15. The lowest BCUT2D eigenvalue weighted by atomic mass is 10.1. The molecule has 1 aromatic carbocycles. The molecule has 132 valence electrons. The summed E-state index contributed by atoms with van der Waals surface area (Å²) in [6, 6.07) is 8.51. The van der Waals surface area contributed by atoms with Crippen LogP contribution < -0.4 is 0 Å². The minimum absolute atomic E-state index is 0.0696. The SMILES string of the molecule is CC[C@@H](C)n1cc(/C=C2/SC(=O)N([C@@H](C)CC)C2=O)c2ccccc21. The van der Waals surface area contributed by atoms with Crippen LogP contribution in [0.15, 0.2) is 35.4 Å². The minimum Gasteiger partial charge on any atom is -0.344 e. The molecule has 0 spiro atoms. The Morgan fingerprint density at radius 1 is 1.08 bits per heavy atom. The maximum atomic E-state index is 12.7. The van der Waals surface area contributed by atoms with Crippen LogP contribution in [0.3, 0.4) is 0 Å². The number of aromatic nitrogens is 1. The highest BCUT2D eigenvalue weighted by Gasteiger charge is 2.37. The first-order valence-corrected chi connectivity index (χ1v) is 9.66. The first kappa shape index (κ1) is 17.8. The first-order valence-electron chi connectivity index (χ1n) is 8.84. The van der Waals surface area contributed by atoms with Gasteiger partial charge in [-0.2, -0.15) is 0 Å². The summed E-state index contributed by atoms with van der Waals surface area (Å²) in [6.45, 7) is 8.25. The maximum absolute atomic E-state index is 12.7. The molecular weight excluding hydrogens is 332 g/mol. The predicted octanol–water partition coefficient (Wildman–Crippen LogP) is 5.45. The maximum Gasteiger partial charge on any atom is 0.293 e. The molecule has 1 fully saturated rings. The Balaban J connectivity index is 2.05. The molecule has 1 aliphatic rings. The number of thioether (sulfide) groups is 1. The van der Waals surface area contributed by atoms with Crippen molar-refractivity contribution in [1.29, 1.82) is 0 Å². The van der Waals surface area contributed by atoms with Crippen LogP contribution in [0.2, 0.25) is 0 Å². The van der Waals surface area contributed by atoms with Crippen LogP contribution in [0.4, 0.5) is 4.79 Å². The number of carbonyl (C=O) groups is 2. The minimum atomic E-state index is -0.176. The van der Waals surface area contributed by atoms with Gasteiger partial charge in [-0.3, -0.25) is 14.5 Å². The van der Waals surface area contributed by atoms with Crippen LogP contribution in [0.5, 0.6) is 0 Å². The van der Waals surface area contributed by atoms with Crippen molar-refractivity contribution in [2.75, 3.05) is 0 Å². The number of carbonyl (C=O) groups excluding carboxylic acids is 2. The molecule has 2 amide bonds. The van der Waals surface area contributed by atoms with Gasteiger partial charge in [0, 0.05) is 34.7 Å². The van der Waals surface area contributed by atoms with Gasteiger partial charge >= 0.3 is 0 Å². The highest BCUT2D eigenvalue weighted by molar-refractivity contribution is 8.18. The molecule has 0 aliphatic carbocycles. The van der Waals surface area contributed by atoms with Crippen LogP contribution in [0.1, 0.15) is 52.1 Å². The monoisotopic (exact) mass is 356 g/mol. The van der Waals surface area contributed by atoms with E-state index in [2.05, 4.69) is 36.7 Å². The van der Waals surface area contributed by atoms with Crippen molar-refractivity contribution >= 4 is 39.9 Å². The van der Waals surface area contributed by atoms with E-state index in [9.17, 15) is 9.59 Å². The quantitative estimate of drug-likeness (QED) is 0.669. The number of hydrogen-bond donors (Lipinski definition) is 0. The Morgan fingerprint density at radius 2 is 1.76 bits per heavy atom. The number of imide groups is 1. The highest BCUT2D eigenvalue weighted by atomic mass is 32.2. The van der Waals surface area contributed by atoms with E-state index in [-0.39, 0.29) is 17.2 Å². The Morgan fingerprint density at radius 3 is 2.44 bits per heavy atom. The Kier molecular flexibility index (Phi) is 5.04. The third-order valence-electron chi connectivity index (χ3n) is 4.98. The molecule has 2 heterocycles. The molecule has 1 aliphatic heterocycles. The fourth-order valence-corrected chi connectivity index (χ4v) is 4.01. The number of para-hydroxylation sites is 1. The molecule has 3 rings (SSSR count). The summed E-state index contributed by atoms with van der Waals surface area (Å²) >= 11 is 1.04. The lowest BCUT2D eigenvalue weighted by Gasteiger charge is -2.19. The average molecular weight is 356 g/mol. The van der Waals surface area contributed by atoms with Gasteiger partial charge in [-0.15, -0.1) is 0 Å². The van der Waals surface area contributed by atoms with Gasteiger partial charge in [0.25, 0.3) is 11.1 Å². The van der Waals surface area contributed by atoms with E-state index in [0.717, 1.165) is 41.1 Å². The Labute approximate surface area is 152 Å². The third kappa shape index (κ3) is 3.13. The summed E-state index contributed by atoms with van der Waals surface area (Å²) in [4.78, 5) is 26.8. The van der Waals surface area contributed by atoms with Crippen molar-refractivity contribution in [3.63, 3.8) is 0 Å². The van der Waals surface area contributed by atoms with E-state index < -0.39 is 0 Å². The Hall–Kier alpha value is -2.01. The van der Waals surface area contributed by atoms with E-state index in [1.54, 1.807) is 0 Å². The van der Waals surface area contributed by atoms with Gasteiger partial charge in [-0.25, -0.2) is 0 Å². The summed E-state index contributed by atoms with van der Waals surface area (Å²) in [5.74, 6) is -0.176. The number of hydrogen-bond acceptors (Lipinski definition) is 3. The fourth-order valence-electron chi connectivity index (χ4n) is 3.09. The van der Waals surface area contributed by atoms with Gasteiger partial charge in [0.05, 0.1) is 4.91 Å². The van der Waals surface area contributed by atoms with E-state index in [4.69, 9.17) is 0 Å². The molecule has 0 N–H and O–H groups in total. The molecule has 0 radical (unpaired) electrons. The average Bonchev–Trinajstić information content (AvgIpc) is 3.12. The Bertz CT molecular complexity index is 852. The topological polar surface area (TPSA) is 42.3 Å². The first-order chi connectivity index (χ1) is 12.0. The lowest BCUT2D eigenvalue weighted by molar-refractivity contribution is -0.124. The molecule has 25 heavy (non-hydrogen) atoms. The molecule has 0 bridgehead atoms. The van der Waals surface area contributed by atoms with Gasteiger partial charge in [-0.1, -0.05) is 32.0 Å². The van der Waals surface area contributed by atoms with Crippen LogP contribution in [0, 0.1) is 0 Å². The lowest BCUT2D eigenvalue weighted by Crippen LogP contribution is -2.36. The second kappa shape index (κ2) is 7.08. The highest BCUT2D eigenvalue weighted by Crippen LogP contribution is 2.36. The molecule has 4 nitrogen and oxygen atoms in total. The molecule has 1 aromatic heterocycles. The van der Waals surface area contributed by atoms with Crippen molar-refractivity contribution in [2.45, 2.75) is 52.6 Å². The largest absolute Gasteiger partial charge is 0.344 e. The van der Waals surface area contributed by atoms with E-state index in [0.29, 0.717) is 10.9 Å². The zero-order valence-electron chi connectivity index (χ0n) is 15.2. The smallest absolute Gasteiger partial charge is 0.293 e. The van der Waals surface area contributed by atoms with Crippen molar-refractivity contribution in [3.05, 3.63) is 40.9 Å². The van der Waals surface area contributed by atoms with Crippen molar-refractivity contribution < 1.29 is 9.59 Å². The van der Waals surface area contributed by atoms with Crippen LogP contribution in [-0.2, 0) is 4.79 Å². The molecule has 5 heteroatoms. The molecule has 0 saturated carbocycles. The third-order valence-corrected chi connectivity index (χ3v) is 5.86. The van der Waals surface area contributed by atoms with Crippen LogP contribution >= 0.6 is 11.8 Å². The van der Waals surface area contributed by atoms with Crippen molar-refractivity contribution in [2.24, 2.45) is 0 Å². The number of amides is 2. The number of fused-ring (bicyclic) bond motifs is 1. The van der Waals surface area contributed by atoms with Crippen molar-refractivity contribution in [1.82, 2.24) is 9.47 Å². The van der Waals surface area contributed by atoms with Gasteiger partial charge in [0.15, 0.2) is 0 Å². The van der Waals surface area contributed by atoms with Crippen molar-refractivity contribution in [3.8, 4) is 0 Å². The van der Waals surface area contributed by atoms with Crippen LogP contribution in [-0.4, -0.2) is 26.7 Å². The number of nitrogens with zero attached hydrogens (tertiary/aromatic N) is 2. The van der Waals surface area contributed by atoms with Gasteiger partial charge in [0.1, 0.15) is 0 Å². The predicted molar refractivity (Wildman–Crippen MR) is 105 cm³/mol. The molecule has 2 atom stereocenters. The summed E-state index contributed by atoms with van der Waals surface area (Å²) in [6.07, 6.45) is 5.76. The van der Waals surface area contributed by atoms with Gasteiger partial charge in [-0.05, 0) is 50.6 Å². The molecule has 0 unspecified atom stereocenters. The summed E-state index contributed by atoms with van der Waals surface area (Å²) in [5, 5.41) is 0.939. The fraction of sp³-hybridized carbons (Fsp3) is 0.400. The second-order valence-corrected chi connectivity index (χ2v) is 7.57. The standard InChI is InChI=1S/C20H24N2O2S/c1-5-13(3)21-12-15(16-9-7-8-10-17(16)21)11-18-19(23)22(14(4)6-2)20(24)25-18/h7-14H,5-6H2,1-4H3/b18-11+/t13-,14+/m1/s1. The number of rotatable bonds is 5. The molecule has 2 aromatic rings. The number of benzene rings is 1. The molecular formula is C20H24N2O2S. The summed E-state index contributed by atoms with van der Waals surface area (Å²) in [7, 11) is 0. The molecule has 1 saturated heterocycles. The summed E-state index contributed by atoms with van der Waals surface area (Å²) < 4.78 is 2.25. The van der Waals surface area contributed by atoms with Gasteiger partial charge < -0.3 is 4.57 Å². The van der Waals surface area contributed by atoms with E-state index >= 15 is 0 Å². The zero-order valence-corrected chi connectivity index (χ0v) is 16.0.